The number of ketones is 1. The molecular formula is C13H15ClN2O. The fraction of sp³-hybridized carbons (Fsp3) is 0.308. The maximum Gasteiger partial charge on any atom is 0.181 e. The van der Waals surface area contributed by atoms with Crippen molar-refractivity contribution in [3.8, 4) is 0 Å². The highest BCUT2D eigenvalue weighted by Crippen LogP contribution is 2.21. The van der Waals surface area contributed by atoms with Gasteiger partial charge in [-0.15, -0.1) is 12.4 Å². The van der Waals surface area contributed by atoms with Gasteiger partial charge in [-0.05, 0) is 25.5 Å². The van der Waals surface area contributed by atoms with E-state index in [1.807, 2.05) is 30.5 Å². The molecule has 3 rings (SSSR count). The summed E-state index contributed by atoms with van der Waals surface area (Å²) in [6.45, 7) is 0.957. The van der Waals surface area contributed by atoms with E-state index in [0.717, 1.165) is 35.9 Å². The molecule has 2 heterocycles. The Kier molecular flexibility index (Phi) is 3.50. The summed E-state index contributed by atoms with van der Waals surface area (Å²) >= 11 is 0. The maximum atomic E-state index is 12.2. The van der Waals surface area contributed by atoms with Crippen LogP contribution in [0.1, 0.15) is 23.2 Å². The lowest BCUT2D eigenvalue weighted by molar-refractivity contribution is 0.0954. The van der Waals surface area contributed by atoms with Crippen LogP contribution in [0.3, 0.4) is 0 Å². The fourth-order valence-corrected chi connectivity index (χ4v) is 2.37. The highest BCUT2D eigenvalue weighted by molar-refractivity contribution is 6.10. The zero-order valence-corrected chi connectivity index (χ0v) is 10.2. The summed E-state index contributed by atoms with van der Waals surface area (Å²) in [6.07, 6.45) is 3.88. The fourth-order valence-electron chi connectivity index (χ4n) is 2.37. The maximum absolute atomic E-state index is 12.2. The molecule has 2 N–H and O–H groups in total. The minimum Gasteiger partial charge on any atom is -0.360 e. The molecule has 1 fully saturated rings. The van der Waals surface area contributed by atoms with Gasteiger partial charge in [-0.25, -0.2) is 0 Å². The molecule has 1 aromatic carbocycles. The first-order chi connectivity index (χ1) is 7.86. The van der Waals surface area contributed by atoms with Gasteiger partial charge < -0.3 is 10.3 Å². The van der Waals surface area contributed by atoms with Crippen LogP contribution in [-0.4, -0.2) is 23.4 Å². The summed E-state index contributed by atoms with van der Waals surface area (Å²) in [5.74, 6) is 0.218. The second-order valence-corrected chi connectivity index (χ2v) is 4.26. The second kappa shape index (κ2) is 4.90. The number of carbonyl (C=O) groups is 1. The number of H-pyrrole nitrogens is 1. The monoisotopic (exact) mass is 250 g/mol. The van der Waals surface area contributed by atoms with Crippen molar-refractivity contribution in [2.75, 3.05) is 6.54 Å². The van der Waals surface area contributed by atoms with Crippen molar-refractivity contribution in [3.05, 3.63) is 36.0 Å². The zero-order chi connectivity index (χ0) is 11.0. The van der Waals surface area contributed by atoms with Crippen molar-refractivity contribution in [1.29, 1.82) is 0 Å². The van der Waals surface area contributed by atoms with Gasteiger partial charge in [-0.1, -0.05) is 18.2 Å². The largest absolute Gasteiger partial charge is 0.360 e. The van der Waals surface area contributed by atoms with Gasteiger partial charge in [0.05, 0.1) is 6.04 Å². The lowest BCUT2D eigenvalue weighted by atomic mass is 10.0. The molecule has 3 nitrogen and oxygen atoms in total. The number of rotatable bonds is 2. The number of Topliss-reactive ketones (excluding diaryl/α,β-unsaturated/α-hetero) is 1. The van der Waals surface area contributed by atoms with E-state index in [4.69, 9.17) is 0 Å². The van der Waals surface area contributed by atoms with Gasteiger partial charge in [0.25, 0.3) is 0 Å². The Bertz CT molecular complexity index is 529. The predicted octanol–water partition coefficient (Wildman–Crippen LogP) is 2.52. The molecule has 1 aromatic heterocycles. The highest BCUT2D eigenvalue weighted by Gasteiger charge is 2.24. The van der Waals surface area contributed by atoms with Crippen molar-refractivity contribution in [2.45, 2.75) is 18.9 Å². The summed E-state index contributed by atoms with van der Waals surface area (Å²) in [5.41, 5.74) is 1.85. The Morgan fingerprint density at radius 2 is 2.12 bits per heavy atom. The Hall–Kier alpha value is -1.32. The van der Waals surface area contributed by atoms with Crippen molar-refractivity contribution >= 4 is 29.1 Å². The molecule has 4 heteroatoms. The lowest BCUT2D eigenvalue weighted by Crippen LogP contribution is -2.30. The van der Waals surface area contributed by atoms with Crippen molar-refractivity contribution in [3.63, 3.8) is 0 Å². The molecule has 0 bridgehead atoms. The van der Waals surface area contributed by atoms with E-state index in [2.05, 4.69) is 10.3 Å². The van der Waals surface area contributed by atoms with Crippen molar-refractivity contribution in [1.82, 2.24) is 10.3 Å². The number of halogens is 1. The number of aromatic amines is 1. The van der Waals surface area contributed by atoms with E-state index >= 15 is 0 Å². The highest BCUT2D eigenvalue weighted by atomic mass is 35.5. The third-order valence-corrected chi connectivity index (χ3v) is 3.23. The van der Waals surface area contributed by atoms with Gasteiger partial charge in [0.1, 0.15) is 0 Å². The summed E-state index contributed by atoms with van der Waals surface area (Å²) < 4.78 is 0. The van der Waals surface area contributed by atoms with Crippen LogP contribution in [0.4, 0.5) is 0 Å². The average Bonchev–Trinajstić information content (AvgIpc) is 2.98. The van der Waals surface area contributed by atoms with Gasteiger partial charge in [0.15, 0.2) is 5.78 Å². The van der Waals surface area contributed by atoms with Crippen LogP contribution >= 0.6 is 12.4 Å². The van der Waals surface area contributed by atoms with Crippen LogP contribution in [0, 0.1) is 0 Å². The topological polar surface area (TPSA) is 44.9 Å². The van der Waals surface area contributed by atoms with E-state index in [-0.39, 0.29) is 24.2 Å². The number of benzene rings is 1. The zero-order valence-electron chi connectivity index (χ0n) is 9.40. The molecule has 1 unspecified atom stereocenters. The molecule has 17 heavy (non-hydrogen) atoms. The number of carbonyl (C=O) groups excluding carboxylic acids is 1. The third-order valence-electron chi connectivity index (χ3n) is 3.23. The third kappa shape index (κ3) is 2.08. The molecule has 1 aliphatic rings. The molecule has 0 aliphatic carbocycles. The standard InChI is InChI=1S/C13H14N2O.ClH/c16-13(12-6-3-7-14-12)10-8-15-11-5-2-1-4-9(10)11;/h1-2,4-5,8,12,14-15H,3,6-7H2;1H. The Morgan fingerprint density at radius 1 is 1.29 bits per heavy atom. The van der Waals surface area contributed by atoms with Crippen LogP contribution in [-0.2, 0) is 0 Å². The number of nitrogens with one attached hydrogen (secondary N) is 2. The summed E-state index contributed by atoms with van der Waals surface area (Å²) in [4.78, 5) is 15.4. The number of para-hydroxylation sites is 1. The Morgan fingerprint density at radius 3 is 2.88 bits per heavy atom. The molecular weight excluding hydrogens is 236 g/mol. The quantitative estimate of drug-likeness (QED) is 0.805. The molecule has 1 aliphatic heterocycles. The van der Waals surface area contributed by atoms with E-state index in [0.29, 0.717) is 0 Å². The number of hydrogen-bond donors (Lipinski definition) is 2. The lowest BCUT2D eigenvalue weighted by Gasteiger charge is -2.07. The minimum absolute atomic E-state index is 0. The van der Waals surface area contributed by atoms with Gasteiger partial charge in [0, 0.05) is 22.7 Å². The molecule has 90 valence electrons. The van der Waals surface area contributed by atoms with Crippen LogP contribution in [0.2, 0.25) is 0 Å². The van der Waals surface area contributed by atoms with E-state index < -0.39 is 0 Å². The van der Waals surface area contributed by atoms with E-state index in [1.54, 1.807) is 0 Å². The summed E-state index contributed by atoms with van der Waals surface area (Å²) in [7, 11) is 0. The molecule has 1 atom stereocenters. The van der Waals surface area contributed by atoms with Gasteiger partial charge in [0.2, 0.25) is 0 Å². The molecule has 1 saturated heterocycles. The first-order valence-electron chi connectivity index (χ1n) is 5.70. The molecule has 0 saturated carbocycles. The first kappa shape index (κ1) is 12.1. The van der Waals surface area contributed by atoms with Crippen LogP contribution in [0.15, 0.2) is 30.5 Å². The minimum atomic E-state index is 0. The summed E-state index contributed by atoms with van der Waals surface area (Å²) in [6, 6.07) is 7.94. The molecule has 0 amide bonds. The smallest absolute Gasteiger partial charge is 0.181 e. The molecule has 2 aromatic rings. The summed E-state index contributed by atoms with van der Waals surface area (Å²) in [5, 5.41) is 4.27. The van der Waals surface area contributed by atoms with Crippen molar-refractivity contribution < 1.29 is 4.79 Å². The predicted molar refractivity (Wildman–Crippen MR) is 70.9 cm³/mol. The first-order valence-corrected chi connectivity index (χ1v) is 5.70. The second-order valence-electron chi connectivity index (χ2n) is 4.26. The number of hydrogen-bond acceptors (Lipinski definition) is 2. The van der Waals surface area contributed by atoms with Crippen LogP contribution in [0.5, 0.6) is 0 Å². The number of aromatic nitrogens is 1. The van der Waals surface area contributed by atoms with Crippen LogP contribution in [0.25, 0.3) is 10.9 Å². The van der Waals surface area contributed by atoms with Gasteiger partial charge >= 0.3 is 0 Å². The normalized spacial score (nSPS) is 19.2. The Balaban J connectivity index is 0.00000108. The Labute approximate surface area is 106 Å². The average molecular weight is 251 g/mol. The SMILES string of the molecule is Cl.O=C(c1c[nH]c2ccccc12)C1CCCN1. The van der Waals surface area contributed by atoms with E-state index in [9.17, 15) is 4.79 Å². The van der Waals surface area contributed by atoms with E-state index in [1.165, 1.54) is 0 Å². The van der Waals surface area contributed by atoms with Gasteiger partial charge in [-0.3, -0.25) is 4.79 Å². The van der Waals surface area contributed by atoms with Crippen molar-refractivity contribution in [2.24, 2.45) is 0 Å². The number of fused-ring (bicyclic) bond motifs is 1. The van der Waals surface area contributed by atoms with Crippen LogP contribution < -0.4 is 5.32 Å². The van der Waals surface area contributed by atoms with Gasteiger partial charge in [-0.2, -0.15) is 0 Å². The molecule has 0 spiro atoms. The molecule has 0 radical (unpaired) electrons.